The summed E-state index contributed by atoms with van der Waals surface area (Å²) in [6, 6.07) is 10.7. The van der Waals surface area contributed by atoms with E-state index in [9.17, 15) is 0 Å². The van der Waals surface area contributed by atoms with Gasteiger partial charge in [0.1, 0.15) is 0 Å². The summed E-state index contributed by atoms with van der Waals surface area (Å²) in [6.07, 6.45) is 5.14. The molecule has 0 aliphatic heterocycles. The zero-order valence-corrected chi connectivity index (χ0v) is 13.2. The third kappa shape index (κ3) is 3.67. The molecule has 1 aromatic heterocycles. The van der Waals surface area contributed by atoms with Gasteiger partial charge in [0.25, 0.3) is 0 Å². The first-order valence-electron chi connectivity index (χ1n) is 7.90. The molecule has 0 spiro atoms. The fourth-order valence-corrected chi connectivity index (χ4v) is 2.35. The molecule has 2 atom stereocenters. The summed E-state index contributed by atoms with van der Waals surface area (Å²) < 4.78 is 1.88. The molecular weight excluding hydrogens is 274 g/mol. The van der Waals surface area contributed by atoms with Crippen molar-refractivity contribution in [3.8, 4) is 5.69 Å². The van der Waals surface area contributed by atoms with Crippen LogP contribution in [0.2, 0.25) is 0 Å². The molecule has 116 valence electrons. The maximum Gasteiger partial charge on any atom is 0.191 e. The van der Waals surface area contributed by atoms with Crippen molar-refractivity contribution in [1.82, 2.24) is 20.4 Å². The zero-order valence-electron chi connectivity index (χ0n) is 13.2. The van der Waals surface area contributed by atoms with Crippen LogP contribution >= 0.6 is 0 Å². The molecule has 22 heavy (non-hydrogen) atoms. The maximum atomic E-state index is 4.65. The fraction of sp³-hybridized carbons (Fsp3) is 0.412. The Balaban J connectivity index is 1.64. The van der Waals surface area contributed by atoms with E-state index in [0.29, 0.717) is 12.6 Å². The summed E-state index contributed by atoms with van der Waals surface area (Å²) in [5.41, 5.74) is 2.17. The molecule has 1 aliphatic rings. The van der Waals surface area contributed by atoms with E-state index in [-0.39, 0.29) is 0 Å². The lowest BCUT2D eigenvalue weighted by atomic mass is 10.3. The van der Waals surface area contributed by atoms with Crippen molar-refractivity contribution in [1.29, 1.82) is 0 Å². The van der Waals surface area contributed by atoms with Gasteiger partial charge >= 0.3 is 0 Å². The van der Waals surface area contributed by atoms with E-state index >= 15 is 0 Å². The van der Waals surface area contributed by atoms with Gasteiger partial charge in [0.2, 0.25) is 0 Å². The van der Waals surface area contributed by atoms with Crippen LogP contribution in [0.5, 0.6) is 0 Å². The number of hydrogen-bond donors (Lipinski definition) is 2. The Hall–Kier alpha value is -2.30. The molecule has 3 rings (SSSR count). The topological polar surface area (TPSA) is 54.2 Å². The first-order valence-corrected chi connectivity index (χ1v) is 7.90. The van der Waals surface area contributed by atoms with Gasteiger partial charge in [-0.05, 0) is 31.4 Å². The maximum absolute atomic E-state index is 4.65. The second-order valence-corrected chi connectivity index (χ2v) is 5.79. The number of rotatable bonds is 5. The minimum absolute atomic E-state index is 0.574. The highest BCUT2D eigenvalue weighted by Crippen LogP contribution is 2.28. The van der Waals surface area contributed by atoms with E-state index in [1.54, 1.807) is 0 Å². The van der Waals surface area contributed by atoms with Gasteiger partial charge in [-0.2, -0.15) is 5.10 Å². The molecule has 2 unspecified atom stereocenters. The Kier molecular flexibility index (Phi) is 4.42. The van der Waals surface area contributed by atoms with Crippen LogP contribution in [-0.4, -0.2) is 28.3 Å². The van der Waals surface area contributed by atoms with Crippen LogP contribution in [0.3, 0.4) is 0 Å². The van der Waals surface area contributed by atoms with Gasteiger partial charge in [0, 0.05) is 24.3 Å². The molecule has 0 amide bonds. The zero-order chi connectivity index (χ0) is 15.4. The molecule has 5 heteroatoms. The van der Waals surface area contributed by atoms with Crippen LogP contribution < -0.4 is 10.6 Å². The minimum atomic E-state index is 0.574. The fourth-order valence-electron chi connectivity index (χ4n) is 2.35. The summed E-state index contributed by atoms with van der Waals surface area (Å²) in [4.78, 5) is 4.65. The molecule has 2 aromatic rings. The molecule has 1 heterocycles. The van der Waals surface area contributed by atoms with E-state index in [1.165, 1.54) is 6.42 Å². The molecule has 0 bridgehead atoms. The first kappa shape index (κ1) is 14.6. The van der Waals surface area contributed by atoms with Crippen molar-refractivity contribution in [3.63, 3.8) is 0 Å². The molecule has 1 aromatic carbocycles. The predicted octanol–water partition coefficient (Wildman–Crippen LogP) is 2.34. The van der Waals surface area contributed by atoms with Gasteiger partial charge in [0.05, 0.1) is 18.4 Å². The molecule has 1 aliphatic carbocycles. The molecule has 2 N–H and O–H groups in total. The third-order valence-corrected chi connectivity index (χ3v) is 3.85. The second kappa shape index (κ2) is 6.64. The number of benzene rings is 1. The number of aliphatic imine (C=N–C) groups is 1. The Morgan fingerprint density at radius 2 is 2.14 bits per heavy atom. The molecular formula is C17H23N5. The van der Waals surface area contributed by atoms with E-state index in [2.05, 4.69) is 34.6 Å². The van der Waals surface area contributed by atoms with Crippen LogP contribution in [-0.2, 0) is 6.54 Å². The van der Waals surface area contributed by atoms with Gasteiger partial charge in [-0.1, -0.05) is 25.1 Å². The van der Waals surface area contributed by atoms with Crippen LogP contribution in [0.4, 0.5) is 0 Å². The number of hydrogen-bond acceptors (Lipinski definition) is 2. The summed E-state index contributed by atoms with van der Waals surface area (Å²) in [5, 5.41) is 11.2. The Morgan fingerprint density at radius 3 is 2.82 bits per heavy atom. The number of nitrogens with zero attached hydrogens (tertiary/aromatic N) is 3. The summed E-state index contributed by atoms with van der Waals surface area (Å²) in [5.74, 6) is 1.65. The SMILES string of the molecule is CCNC(=NCc1cnn(-c2ccccc2)c1)NC1CC1C. The number of para-hydroxylation sites is 1. The predicted molar refractivity (Wildman–Crippen MR) is 89.1 cm³/mol. The van der Waals surface area contributed by atoms with Crippen molar-refractivity contribution >= 4 is 5.96 Å². The van der Waals surface area contributed by atoms with Crippen LogP contribution in [0, 0.1) is 5.92 Å². The van der Waals surface area contributed by atoms with E-state index in [1.807, 2.05) is 47.4 Å². The third-order valence-electron chi connectivity index (χ3n) is 3.85. The van der Waals surface area contributed by atoms with Gasteiger partial charge in [-0.25, -0.2) is 9.67 Å². The highest BCUT2D eigenvalue weighted by Gasteiger charge is 2.33. The van der Waals surface area contributed by atoms with Crippen LogP contribution in [0.15, 0.2) is 47.7 Å². The average molecular weight is 297 g/mol. The minimum Gasteiger partial charge on any atom is -0.357 e. The highest BCUT2D eigenvalue weighted by atomic mass is 15.3. The lowest BCUT2D eigenvalue weighted by Crippen LogP contribution is -2.39. The average Bonchev–Trinajstić information content (AvgIpc) is 3.03. The van der Waals surface area contributed by atoms with Gasteiger partial charge in [0.15, 0.2) is 5.96 Å². The van der Waals surface area contributed by atoms with E-state index < -0.39 is 0 Å². The largest absolute Gasteiger partial charge is 0.357 e. The summed E-state index contributed by atoms with van der Waals surface area (Å²) >= 11 is 0. The van der Waals surface area contributed by atoms with Crippen molar-refractivity contribution < 1.29 is 0 Å². The Labute approximate surface area is 131 Å². The van der Waals surface area contributed by atoms with Crippen molar-refractivity contribution in [3.05, 3.63) is 48.3 Å². The monoisotopic (exact) mass is 297 g/mol. The highest BCUT2D eigenvalue weighted by molar-refractivity contribution is 5.80. The standard InChI is InChI=1S/C17H23N5/c1-3-18-17(21-16-9-13(16)2)19-10-14-11-20-22(12-14)15-7-5-4-6-8-15/h4-8,11-13,16H,3,9-10H2,1-2H3,(H2,18,19,21). The Bertz CT molecular complexity index is 632. The molecule has 0 saturated heterocycles. The van der Waals surface area contributed by atoms with E-state index in [0.717, 1.165) is 29.7 Å². The molecule has 1 saturated carbocycles. The summed E-state index contributed by atoms with van der Waals surface area (Å²) in [7, 11) is 0. The normalized spacial score (nSPS) is 20.7. The lowest BCUT2D eigenvalue weighted by molar-refractivity contribution is 0.766. The lowest BCUT2D eigenvalue weighted by Gasteiger charge is -2.10. The van der Waals surface area contributed by atoms with Gasteiger partial charge in [-0.3, -0.25) is 0 Å². The summed E-state index contributed by atoms with van der Waals surface area (Å²) in [6.45, 7) is 5.84. The van der Waals surface area contributed by atoms with Gasteiger partial charge < -0.3 is 10.6 Å². The van der Waals surface area contributed by atoms with Crippen LogP contribution in [0.25, 0.3) is 5.69 Å². The number of aromatic nitrogens is 2. The number of guanidine groups is 1. The quantitative estimate of drug-likeness (QED) is 0.658. The van der Waals surface area contributed by atoms with Gasteiger partial charge in [-0.15, -0.1) is 0 Å². The van der Waals surface area contributed by atoms with Crippen molar-refractivity contribution in [2.75, 3.05) is 6.54 Å². The molecule has 1 fully saturated rings. The second-order valence-electron chi connectivity index (χ2n) is 5.79. The Morgan fingerprint density at radius 1 is 1.36 bits per heavy atom. The van der Waals surface area contributed by atoms with Crippen LogP contribution in [0.1, 0.15) is 25.8 Å². The van der Waals surface area contributed by atoms with Crippen molar-refractivity contribution in [2.45, 2.75) is 32.9 Å². The van der Waals surface area contributed by atoms with Crippen molar-refractivity contribution in [2.24, 2.45) is 10.9 Å². The first-order chi connectivity index (χ1) is 10.8. The molecule has 0 radical (unpaired) electrons. The molecule has 5 nitrogen and oxygen atoms in total. The number of nitrogens with one attached hydrogen (secondary N) is 2. The smallest absolute Gasteiger partial charge is 0.191 e. The van der Waals surface area contributed by atoms with E-state index in [4.69, 9.17) is 0 Å².